The summed E-state index contributed by atoms with van der Waals surface area (Å²) in [6, 6.07) is 9.30. The van der Waals surface area contributed by atoms with Crippen LogP contribution in [0.1, 0.15) is 40.5 Å². The highest BCUT2D eigenvalue weighted by atomic mass is 32.1. The number of ether oxygens (including phenoxy) is 1. The molecule has 0 amide bonds. The zero-order chi connectivity index (χ0) is 23.5. The van der Waals surface area contributed by atoms with Crippen molar-refractivity contribution < 1.29 is 31.8 Å². The minimum Gasteiger partial charge on any atom is -0.483 e. The van der Waals surface area contributed by atoms with Crippen LogP contribution in [0.25, 0.3) is 10.4 Å². The number of aliphatic hydroxyl groups is 1. The Bertz CT molecular complexity index is 1050. The molecule has 3 aromatic rings. The van der Waals surface area contributed by atoms with Gasteiger partial charge in [0.25, 0.3) is 0 Å². The number of aliphatic hydroxyl groups excluding tert-OH is 1. The second-order valence-electron chi connectivity index (χ2n) is 7.39. The van der Waals surface area contributed by atoms with Gasteiger partial charge >= 0.3 is 6.18 Å². The Morgan fingerprint density at radius 2 is 1.62 bits per heavy atom. The molecule has 1 heterocycles. The summed E-state index contributed by atoms with van der Waals surface area (Å²) >= 11 is 0.978. The van der Waals surface area contributed by atoms with Gasteiger partial charge in [-0.3, -0.25) is 0 Å². The molecule has 0 fully saturated rings. The first-order valence-corrected chi connectivity index (χ1v) is 11.0. The smallest absolute Gasteiger partial charge is 0.417 e. The van der Waals surface area contributed by atoms with Gasteiger partial charge in [-0.05, 0) is 55.0 Å². The van der Waals surface area contributed by atoms with Crippen molar-refractivity contribution in [1.29, 1.82) is 0 Å². The average molecular weight is 471 g/mol. The molecule has 0 saturated carbocycles. The van der Waals surface area contributed by atoms with E-state index in [1.807, 2.05) is 19.1 Å². The number of rotatable bonds is 8. The summed E-state index contributed by atoms with van der Waals surface area (Å²) in [5.74, 6) is -2.71. The second kappa shape index (κ2) is 10.0. The van der Waals surface area contributed by atoms with Crippen LogP contribution in [0.4, 0.5) is 22.0 Å². The number of alkyl halides is 3. The Kier molecular flexibility index (Phi) is 7.56. The molecule has 1 aromatic heterocycles. The first-order valence-electron chi connectivity index (χ1n) is 10.2. The van der Waals surface area contributed by atoms with Crippen molar-refractivity contribution in [3.05, 3.63) is 75.2 Å². The van der Waals surface area contributed by atoms with Gasteiger partial charge in [-0.2, -0.15) is 13.2 Å². The predicted octanol–water partition coefficient (Wildman–Crippen LogP) is 7.09. The molecule has 0 aliphatic rings. The Morgan fingerprint density at radius 1 is 1.00 bits per heavy atom. The van der Waals surface area contributed by atoms with E-state index in [2.05, 4.69) is 0 Å². The molecule has 1 N–H and O–H groups in total. The van der Waals surface area contributed by atoms with Gasteiger partial charge < -0.3 is 9.84 Å². The third-order valence-electron chi connectivity index (χ3n) is 5.13. The van der Waals surface area contributed by atoms with E-state index in [1.54, 1.807) is 12.1 Å². The Morgan fingerprint density at radius 3 is 2.16 bits per heavy atom. The summed E-state index contributed by atoms with van der Waals surface area (Å²) in [6.07, 6.45) is -3.24. The van der Waals surface area contributed by atoms with Crippen molar-refractivity contribution in [2.45, 2.75) is 45.9 Å². The van der Waals surface area contributed by atoms with Crippen LogP contribution in [0.3, 0.4) is 0 Å². The van der Waals surface area contributed by atoms with Crippen LogP contribution in [0.2, 0.25) is 0 Å². The third kappa shape index (κ3) is 5.30. The normalized spacial score (nSPS) is 11.8. The zero-order valence-electron chi connectivity index (χ0n) is 17.7. The quantitative estimate of drug-likeness (QED) is 0.356. The van der Waals surface area contributed by atoms with Gasteiger partial charge in [0, 0.05) is 21.9 Å². The molecular weight excluding hydrogens is 447 g/mol. The minimum absolute atomic E-state index is 0.0611. The number of hydrogen-bond donors (Lipinski definition) is 1. The molecule has 0 radical (unpaired) electrons. The number of halogens is 5. The lowest BCUT2D eigenvalue weighted by Gasteiger charge is -2.14. The fourth-order valence-corrected chi connectivity index (χ4v) is 4.73. The fourth-order valence-electron chi connectivity index (χ4n) is 3.55. The van der Waals surface area contributed by atoms with Gasteiger partial charge in [-0.25, -0.2) is 8.78 Å². The summed E-state index contributed by atoms with van der Waals surface area (Å²) < 4.78 is 75.5. The summed E-state index contributed by atoms with van der Waals surface area (Å²) in [5.41, 5.74) is 0.983. The van der Waals surface area contributed by atoms with Gasteiger partial charge in [0.05, 0.1) is 5.56 Å². The summed E-state index contributed by atoms with van der Waals surface area (Å²) in [4.78, 5) is 0.420. The van der Waals surface area contributed by atoms with Crippen molar-refractivity contribution in [1.82, 2.24) is 0 Å². The SMILES string of the molecule is CCc1ccc(-c2sc(C)c(C(F)(F)F)c2COc2c(F)cc(CCCO)cc2F)cc1. The van der Waals surface area contributed by atoms with Crippen molar-refractivity contribution >= 4 is 11.3 Å². The van der Waals surface area contributed by atoms with Crippen molar-refractivity contribution in [2.75, 3.05) is 6.61 Å². The Labute approximate surface area is 187 Å². The van der Waals surface area contributed by atoms with Crippen LogP contribution < -0.4 is 4.74 Å². The van der Waals surface area contributed by atoms with E-state index >= 15 is 0 Å². The van der Waals surface area contributed by atoms with Gasteiger partial charge in [-0.1, -0.05) is 31.2 Å². The highest BCUT2D eigenvalue weighted by Crippen LogP contribution is 2.45. The first kappa shape index (κ1) is 24.2. The number of thiophene rings is 1. The van der Waals surface area contributed by atoms with Crippen LogP contribution in [0, 0.1) is 18.6 Å². The summed E-state index contributed by atoms with van der Waals surface area (Å²) in [6.45, 7) is 2.59. The average Bonchev–Trinajstić information content (AvgIpc) is 3.08. The zero-order valence-corrected chi connectivity index (χ0v) is 18.5. The highest BCUT2D eigenvalue weighted by Gasteiger charge is 2.38. The van der Waals surface area contributed by atoms with E-state index < -0.39 is 35.7 Å². The van der Waals surface area contributed by atoms with Gasteiger partial charge in [-0.15, -0.1) is 11.3 Å². The molecule has 172 valence electrons. The van der Waals surface area contributed by atoms with E-state index in [9.17, 15) is 22.0 Å². The number of aryl methyl sites for hydroxylation is 3. The lowest BCUT2D eigenvalue weighted by molar-refractivity contribution is -0.138. The highest BCUT2D eigenvalue weighted by molar-refractivity contribution is 7.15. The predicted molar refractivity (Wildman–Crippen MR) is 115 cm³/mol. The number of hydrogen-bond acceptors (Lipinski definition) is 3. The standard InChI is InChI=1S/C24H23F5O2S/c1-3-15-6-8-17(9-7-15)23-18(21(14(2)32-23)24(27,28)29)13-31-22-19(25)11-16(5-4-10-30)12-20(22)26/h6-9,11-12,30H,3-5,10,13H2,1-2H3. The van der Waals surface area contributed by atoms with Gasteiger partial charge in [0.1, 0.15) is 6.61 Å². The molecule has 8 heteroatoms. The van der Waals surface area contributed by atoms with E-state index in [-0.39, 0.29) is 23.5 Å². The molecule has 0 saturated heterocycles. The van der Waals surface area contributed by atoms with Crippen LogP contribution in [-0.4, -0.2) is 11.7 Å². The maximum absolute atomic E-state index is 14.4. The van der Waals surface area contributed by atoms with Crippen molar-refractivity contribution in [2.24, 2.45) is 0 Å². The molecule has 0 bridgehead atoms. The molecule has 0 spiro atoms. The Balaban J connectivity index is 1.98. The van der Waals surface area contributed by atoms with Crippen LogP contribution in [0.15, 0.2) is 36.4 Å². The first-order chi connectivity index (χ1) is 15.2. The van der Waals surface area contributed by atoms with Crippen molar-refractivity contribution in [3.63, 3.8) is 0 Å². The molecule has 0 aliphatic heterocycles. The van der Waals surface area contributed by atoms with Crippen LogP contribution in [0.5, 0.6) is 5.75 Å². The monoisotopic (exact) mass is 470 g/mol. The molecule has 0 unspecified atom stereocenters. The third-order valence-corrected chi connectivity index (χ3v) is 6.33. The second-order valence-corrected chi connectivity index (χ2v) is 8.62. The fraction of sp³-hybridized carbons (Fsp3) is 0.333. The van der Waals surface area contributed by atoms with E-state index in [1.165, 1.54) is 6.92 Å². The minimum atomic E-state index is -4.63. The lowest BCUT2D eigenvalue weighted by Crippen LogP contribution is -2.11. The number of benzene rings is 2. The van der Waals surface area contributed by atoms with Crippen molar-refractivity contribution in [3.8, 4) is 16.2 Å². The molecule has 2 nitrogen and oxygen atoms in total. The van der Waals surface area contributed by atoms with Gasteiger partial charge in [0.15, 0.2) is 17.4 Å². The van der Waals surface area contributed by atoms with Gasteiger partial charge in [0.2, 0.25) is 0 Å². The van der Waals surface area contributed by atoms with Crippen LogP contribution >= 0.6 is 11.3 Å². The molecule has 3 rings (SSSR count). The molecule has 0 atom stereocenters. The van der Waals surface area contributed by atoms with Crippen LogP contribution in [-0.2, 0) is 25.6 Å². The molecule has 0 aliphatic carbocycles. The summed E-state index contributed by atoms with van der Waals surface area (Å²) in [7, 11) is 0. The topological polar surface area (TPSA) is 29.5 Å². The maximum atomic E-state index is 14.4. The van der Waals surface area contributed by atoms with E-state index in [4.69, 9.17) is 9.84 Å². The summed E-state index contributed by atoms with van der Waals surface area (Å²) in [5, 5.41) is 8.87. The lowest BCUT2D eigenvalue weighted by atomic mass is 10.0. The molecule has 2 aromatic carbocycles. The van der Waals surface area contributed by atoms with E-state index in [0.29, 0.717) is 22.4 Å². The van der Waals surface area contributed by atoms with E-state index in [0.717, 1.165) is 35.5 Å². The maximum Gasteiger partial charge on any atom is 0.417 e. The Hall–Kier alpha value is -2.45. The molecule has 32 heavy (non-hydrogen) atoms. The molecular formula is C24H23F5O2S. The largest absolute Gasteiger partial charge is 0.483 e.